The first-order valence-electron chi connectivity index (χ1n) is 9.37. The standard InChI is InChI=1S/C20H34N4O2.HI/c1-16-6-7-18(17(2)14-16)19-15-24(11-13-26-19)20(21-3)22-8-9-23(4)10-12-25-5;/h6-7,14,19H,8-13,15H2,1-5H3,(H,21,22);1H. The first kappa shape index (κ1) is 24.1. The molecule has 1 N–H and O–H groups in total. The molecular weight excluding hydrogens is 455 g/mol. The molecule has 154 valence electrons. The molecule has 0 radical (unpaired) electrons. The predicted molar refractivity (Wildman–Crippen MR) is 122 cm³/mol. The molecule has 0 bridgehead atoms. The highest BCUT2D eigenvalue weighted by Crippen LogP contribution is 2.25. The number of hydrogen-bond donors (Lipinski definition) is 1. The van der Waals surface area contributed by atoms with Crippen LogP contribution in [0.5, 0.6) is 0 Å². The van der Waals surface area contributed by atoms with Crippen molar-refractivity contribution < 1.29 is 9.47 Å². The summed E-state index contributed by atoms with van der Waals surface area (Å²) in [7, 11) is 5.69. The van der Waals surface area contributed by atoms with Gasteiger partial charge in [-0.1, -0.05) is 23.8 Å². The van der Waals surface area contributed by atoms with Crippen molar-refractivity contribution in [3.8, 4) is 0 Å². The maximum atomic E-state index is 6.05. The van der Waals surface area contributed by atoms with Gasteiger partial charge in [0.1, 0.15) is 6.10 Å². The Bertz CT molecular complexity index is 597. The van der Waals surface area contributed by atoms with Crippen molar-refractivity contribution in [2.75, 3.05) is 67.1 Å². The van der Waals surface area contributed by atoms with E-state index in [0.29, 0.717) is 6.61 Å². The second-order valence-electron chi connectivity index (χ2n) is 6.94. The van der Waals surface area contributed by atoms with Crippen LogP contribution >= 0.6 is 24.0 Å². The van der Waals surface area contributed by atoms with E-state index < -0.39 is 0 Å². The SMILES string of the molecule is CN=C(NCCN(C)CCOC)N1CCOC(c2ccc(C)cc2C)C1.I. The van der Waals surface area contributed by atoms with Gasteiger partial charge in [-0.2, -0.15) is 0 Å². The summed E-state index contributed by atoms with van der Waals surface area (Å²) in [6, 6.07) is 6.58. The Morgan fingerprint density at radius 2 is 2.15 bits per heavy atom. The predicted octanol–water partition coefficient (Wildman–Crippen LogP) is 2.45. The summed E-state index contributed by atoms with van der Waals surface area (Å²) in [4.78, 5) is 9.01. The van der Waals surface area contributed by atoms with E-state index >= 15 is 0 Å². The molecule has 0 aliphatic carbocycles. The molecule has 0 amide bonds. The van der Waals surface area contributed by atoms with Crippen molar-refractivity contribution in [3.05, 3.63) is 34.9 Å². The summed E-state index contributed by atoms with van der Waals surface area (Å²) in [5.41, 5.74) is 3.85. The van der Waals surface area contributed by atoms with Gasteiger partial charge in [-0.3, -0.25) is 4.99 Å². The Balaban J connectivity index is 0.00000364. The number of ether oxygens (including phenoxy) is 2. The van der Waals surface area contributed by atoms with Gasteiger partial charge in [0, 0.05) is 40.3 Å². The molecule has 1 unspecified atom stereocenters. The van der Waals surface area contributed by atoms with Crippen LogP contribution in [0.3, 0.4) is 0 Å². The Labute approximate surface area is 181 Å². The number of morpholine rings is 1. The Hall–Kier alpha value is -0.900. The van der Waals surface area contributed by atoms with E-state index in [-0.39, 0.29) is 30.1 Å². The van der Waals surface area contributed by atoms with Crippen LogP contribution < -0.4 is 5.32 Å². The van der Waals surface area contributed by atoms with E-state index in [9.17, 15) is 0 Å². The molecule has 1 aromatic rings. The summed E-state index contributed by atoms with van der Waals surface area (Å²) in [6.45, 7) is 10.2. The normalized spacial score (nSPS) is 17.8. The summed E-state index contributed by atoms with van der Waals surface area (Å²) in [6.07, 6.45) is 0.0901. The highest BCUT2D eigenvalue weighted by molar-refractivity contribution is 14.0. The van der Waals surface area contributed by atoms with E-state index in [2.05, 4.69) is 59.2 Å². The lowest BCUT2D eigenvalue weighted by Gasteiger charge is -2.36. The third-order valence-electron chi connectivity index (χ3n) is 4.80. The maximum Gasteiger partial charge on any atom is 0.193 e. The molecule has 1 atom stereocenters. The number of rotatable bonds is 7. The van der Waals surface area contributed by atoms with Crippen molar-refractivity contribution in [1.82, 2.24) is 15.1 Å². The van der Waals surface area contributed by atoms with Gasteiger partial charge >= 0.3 is 0 Å². The quantitative estimate of drug-likeness (QED) is 0.362. The number of aliphatic imine (C=N–C) groups is 1. The van der Waals surface area contributed by atoms with Crippen LogP contribution in [0.1, 0.15) is 22.8 Å². The molecule has 27 heavy (non-hydrogen) atoms. The van der Waals surface area contributed by atoms with E-state index in [1.165, 1.54) is 16.7 Å². The number of benzene rings is 1. The number of hydrogen-bond acceptors (Lipinski definition) is 4. The van der Waals surface area contributed by atoms with Crippen LogP contribution in [-0.2, 0) is 9.47 Å². The van der Waals surface area contributed by atoms with Gasteiger partial charge in [0.25, 0.3) is 0 Å². The maximum absolute atomic E-state index is 6.05. The molecule has 1 aliphatic heterocycles. The second kappa shape index (κ2) is 12.5. The Kier molecular flexibility index (Phi) is 11.2. The molecule has 1 aliphatic rings. The minimum Gasteiger partial charge on any atom is -0.383 e. The molecule has 6 nitrogen and oxygen atoms in total. The van der Waals surface area contributed by atoms with Crippen molar-refractivity contribution in [3.63, 3.8) is 0 Å². The summed E-state index contributed by atoms with van der Waals surface area (Å²) >= 11 is 0. The van der Waals surface area contributed by atoms with Crippen LogP contribution in [0.15, 0.2) is 23.2 Å². The molecule has 2 rings (SSSR count). The molecular formula is C20H35IN4O2. The van der Waals surface area contributed by atoms with E-state index in [0.717, 1.165) is 45.3 Å². The van der Waals surface area contributed by atoms with Crippen molar-refractivity contribution in [2.24, 2.45) is 4.99 Å². The van der Waals surface area contributed by atoms with Crippen molar-refractivity contribution in [1.29, 1.82) is 0 Å². The van der Waals surface area contributed by atoms with Crippen LogP contribution in [0, 0.1) is 13.8 Å². The number of nitrogens with zero attached hydrogens (tertiary/aromatic N) is 3. The lowest BCUT2D eigenvalue weighted by molar-refractivity contribution is -0.00833. The van der Waals surface area contributed by atoms with E-state index in [1.807, 2.05) is 7.05 Å². The first-order chi connectivity index (χ1) is 12.5. The van der Waals surface area contributed by atoms with Gasteiger partial charge in [0.15, 0.2) is 5.96 Å². The Morgan fingerprint density at radius 1 is 1.37 bits per heavy atom. The molecule has 0 saturated carbocycles. The number of methoxy groups -OCH3 is 1. The zero-order chi connectivity index (χ0) is 18.9. The molecule has 0 spiro atoms. The number of aryl methyl sites for hydroxylation is 2. The van der Waals surface area contributed by atoms with E-state index in [1.54, 1.807) is 7.11 Å². The highest BCUT2D eigenvalue weighted by atomic mass is 127. The fourth-order valence-corrected chi connectivity index (χ4v) is 3.27. The van der Waals surface area contributed by atoms with Crippen LogP contribution in [0.2, 0.25) is 0 Å². The lowest BCUT2D eigenvalue weighted by atomic mass is 10.00. The van der Waals surface area contributed by atoms with Crippen molar-refractivity contribution in [2.45, 2.75) is 20.0 Å². The minimum atomic E-state index is 0. The van der Waals surface area contributed by atoms with Gasteiger partial charge in [0.05, 0.1) is 19.8 Å². The zero-order valence-corrected chi connectivity index (χ0v) is 19.7. The number of guanidine groups is 1. The average molecular weight is 490 g/mol. The monoisotopic (exact) mass is 490 g/mol. The number of nitrogens with one attached hydrogen (secondary N) is 1. The first-order valence-corrected chi connectivity index (χ1v) is 9.37. The topological polar surface area (TPSA) is 49.3 Å². The van der Waals surface area contributed by atoms with Crippen molar-refractivity contribution >= 4 is 29.9 Å². The largest absolute Gasteiger partial charge is 0.383 e. The second-order valence-corrected chi connectivity index (χ2v) is 6.94. The lowest BCUT2D eigenvalue weighted by Crippen LogP contribution is -2.49. The molecule has 1 heterocycles. The zero-order valence-electron chi connectivity index (χ0n) is 17.3. The number of likely N-dealkylation sites (N-methyl/N-ethyl adjacent to an activating group) is 1. The van der Waals surface area contributed by atoms with Gasteiger partial charge in [-0.25, -0.2) is 0 Å². The van der Waals surface area contributed by atoms with E-state index in [4.69, 9.17) is 9.47 Å². The summed E-state index contributed by atoms with van der Waals surface area (Å²) in [5, 5.41) is 3.48. The summed E-state index contributed by atoms with van der Waals surface area (Å²) < 4.78 is 11.2. The van der Waals surface area contributed by atoms with Gasteiger partial charge < -0.3 is 24.6 Å². The fraction of sp³-hybridized carbons (Fsp3) is 0.650. The van der Waals surface area contributed by atoms with Gasteiger partial charge in [-0.15, -0.1) is 24.0 Å². The molecule has 0 aromatic heterocycles. The third kappa shape index (κ3) is 7.56. The minimum absolute atomic E-state index is 0. The third-order valence-corrected chi connectivity index (χ3v) is 4.80. The van der Waals surface area contributed by atoms with Gasteiger partial charge in [-0.05, 0) is 32.0 Å². The smallest absolute Gasteiger partial charge is 0.193 e. The molecule has 1 fully saturated rings. The molecule has 1 saturated heterocycles. The van der Waals surface area contributed by atoms with Crippen LogP contribution in [0.25, 0.3) is 0 Å². The molecule has 7 heteroatoms. The number of halogens is 1. The van der Waals surface area contributed by atoms with Gasteiger partial charge in [0.2, 0.25) is 0 Å². The average Bonchev–Trinajstić information content (AvgIpc) is 2.63. The van der Waals surface area contributed by atoms with Crippen LogP contribution in [-0.4, -0.2) is 82.9 Å². The van der Waals surface area contributed by atoms with Crippen LogP contribution in [0.4, 0.5) is 0 Å². The summed E-state index contributed by atoms with van der Waals surface area (Å²) in [5.74, 6) is 0.947. The highest BCUT2D eigenvalue weighted by Gasteiger charge is 2.25. The fourth-order valence-electron chi connectivity index (χ4n) is 3.27. The molecule has 1 aromatic carbocycles. The Morgan fingerprint density at radius 3 is 2.81 bits per heavy atom.